The Morgan fingerprint density at radius 1 is 0.812 bits per heavy atom. The Bertz CT molecular complexity index is 257. The van der Waals surface area contributed by atoms with E-state index in [1.54, 1.807) is 0 Å². The minimum absolute atomic E-state index is 1.65. The van der Waals surface area contributed by atoms with Crippen LogP contribution in [0.3, 0.4) is 0 Å². The fourth-order valence-electron chi connectivity index (χ4n) is 1.38. The summed E-state index contributed by atoms with van der Waals surface area (Å²) in [7, 11) is 0. The van der Waals surface area contributed by atoms with Gasteiger partial charge in [0.25, 0.3) is 5.60 Å². The molecule has 1 nitrogen and oxygen atoms in total. The lowest BCUT2D eigenvalue weighted by Gasteiger charge is -2.50. The van der Waals surface area contributed by atoms with E-state index in [0.29, 0.717) is 0 Å². The summed E-state index contributed by atoms with van der Waals surface area (Å²) in [6.07, 6.45) is -17.9. The summed E-state index contributed by atoms with van der Waals surface area (Å²) in [4.78, 5) is 0. The molecule has 16 heavy (non-hydrogen) atoms. The largest absolute Gasteiger partial charge is 0.427 e. The normalized spacial score (nSPS) is 26.4. The first-order chi connectivity index (χ1) is 6.84. The second-order valence-corrected chi connectivity index (χ2v) is 3.14. The first-order valence-corrected chi connectivity index (χ1v) is 3.68. The molecule has 1 aliphatic heterocycles. The number of hydrogen-bond donors (Lipinski definition) is 0. The lowest BCUT2D eigenvalue weighted by atomic mass is 9.80. The van der Waals surface area contributed by atoms with E-state index in [1.807, 2.05) is 0 Å². The van der Waals surface area contributed by atoms with Crippen LogP contribution in [0.1, 0.15) is 0 Å². The van der Waals surface area contributed by atoms with E-state index in [0.717, 1.165) is 0 Å². The molecular weight excluding hydrogens is 259 g/mol. The summed E-state index contributed by atoms with van der Waals surface area (Å²) < 4.78 is 112. The molecule has 0 saturated carbocycles. The zero-order valence-electron chi connectivity index (χ0n) is 7.09. The van der Waals surface area contributed by atoms with Crippen LogP contribution in [0.2, 0.25) is 0 Å². The van der Waals surface area contributed by atoms with Gasteiger partial charge in [-0.15, -0.1) is 0 Å². The fourth-order valence-corrected chi connectivity index (χ4v) is 1.38. The summed E-state index contributed by atoms with van der Waals surface area (Å²) >= 11 is 0. The molecule has 0 radical (unpaired) electrons. The third-order valence-corrected chi connectivity index (χ3v) is 2.21. The first-order valence-electron chi connectivity index (χ1n) is 3.68. The van der Waals surface area contributed by atoms with E-state index in [4.69, 9.17) is 0 Å². The molecule has 0 bridgehead atoms. The van der Waals surface area contributed by atoms with Crippen molar-refractivity contribution in [3.8, 4) is 0 Å². The van der Waals surface area contributed by atoms with Gasteiger partial charge in [0.05, 0.1) is 6.61 Å². The minimum Gasteiger partial charge on any atom is -0.357 e. The lowest BCUT2D eigenvalue weighted by molar-refractivity contribution is -0.474. The Labute approximate surface area is 82.2 Å². The molecule has 0 aromatic heterocycles. The molecule has 1 heterocycles. The number of rotatable bonds is 0. The molecule has 0 unspecified atom stereocenters. The highest BCUT2D eigenvalue weighted by atomic mass is 19.4. The fraction of sp³-hybridized carbons (Fsp3) is 1.00. The van der Waals surface area contributed by atoms with Gasteiger partial charge in [0, 0.05) is 0 Å². The van der Waals surface area contributed by atoms with Crippen molar-refractivity contribution in [2.45, 2.75) is 24.1 Å². The summed E-state index contributed by atoms with van der Waals surface area (Å²) in [6.45, 7) is -1.65. The van der Waals surface area contributed by atoms with Gasteiger partial charge in [-0.3, -0.25) is 0 Å². The van der Waals surface area contributed by atoms with Crippen LogP contribution in [-0.2, 0) is 4.74 Å². The molecule has 96 valence electrons. The second-order valence-electron chi connectivity index (χ2n) is 3.14. The molecule has 1 atom stereocenters. The highest BCUT2D eigenvalue weighted by molar-refractivity contribution is 5.09. The van der Waals surface area contributed by atoms with Crippen LogP contribution in [0.25, 0.3) is 0 Å². The van der Waals surface area contributed by atoms with Gasteiger partial charge in [0.2, 0.25) is 0 Å². The van der Waals surface area contributed by atoms with Gasteiger partial charge in [-0.05, 0) is 0 Å². The van der Waals surface area contributed by atoms with E-state index < -0.39 is 36.7 Å². The maximum atomic E-state index is 12.1. The van der Waals surface area contributed by atoms with Crippen molar-refractivity contribution in [3.63, 3.8) is 0 Å². The van der Waals surface area contributed by atoms with Crippen molar-refractivity contribution >= 4 is 0 Å². The molecule has 0 spiro atoms. The predicted molar refractivity (Wildman–Crippen MR) is 30.3 cm³/mol. The first kappa shape index (κ1) is 13.4. The number of ether oxygens (including phenoxy) is 1. The Hall–Kier alpha value is -0.670. The summed E-state index contributed by atoms with van der Waals surface area (Å²) in [6, 6.07) is 0. The molecule has 1 rings (SSSR count). The average molecular weight is 262 g/mol. The van der Waals surface area contributed by atoms with Crippen LogP contribution in [-0.4, -0.2) is 30.7 Å². The van der Waals surface area contributed by atoms with Gasteiger partial charge in [-0.1, -0.05) is 0 Å². The van der Waals surface area contributed by atoms with Gasteiger partial charge in [0.1, 0.15) is 5.92 Å². The number of hydrogen-bond acceptors (Lipinski definition) is 1. The molecular formula is C6H3F9O. The topological polar surface area (TPSA) is 9.23 Å². The second kappa shape index (κ2) is 3.17. The quantitative estimate of drug-likeness (QED) is 0.609. The Balaban J connectivity index is 3.20. The zero-order chi connectivity index (χ0) is 13.0. The van der Waals surface area contributed by atoms with E-state index in [1.165, 1.54) is 0 Å². The highest BCUT2D eigenvalue weighted by Gasteiger charge is 2.84. The van der Waals surface area contributed by atoms with Crippen molar-refractivity contribution in [1.82, 2.24) is 0 Å². The third kappa shape index (κ3) is 1.62. The molecule has 0 aromatic carbocycles. The predicted octanol–water partition coefficient (Wildman–Crippen LogP) is 3.06. The van der Waals surface area contributed by atoms with Gasteiger partial charge in [-0.2, -0.15) is 39.5 Å². The van der Waals surface area contributed by atoms with Crippen molar-refractivity contribution in [2.75, 3.05) is 6.61 Å². The number of halogens is 9. The van der Waals surface area contributed by atoms with Crippen LogP contribution in [0.15, 0.2) is 0 Å². The molecule has 0 N–H and O–H groups in total. The average Bonchev–Trinajstić information content (AvgIpc) is 1.69. The number of alkyl halides is 9. The molecule has 0 aromatic rings. The molecule has 10 heteroatoms. The Kier molecular flexibility index (Phi) is 2.66. The van der Waals surface area contributed by atoms with E-state index in [2.05, 4.69) is 4.74 Å². The van der Waals surface area contributed by atoms with Crippen molar-refractivity contribution in [2.24, 2.45) is 5.92 Å². The zero-order valence-corrected chi connectivity index (χ0v) is 7.09. The Morgan fingerprint density at radius 3 is 1.25 bits per heavy atom. The Morgan fingerprint density at radius 2 is 1.19 bits per heavy atom. The van der Waals surface area contributed by atoms with Gasteiger partial charge in [-0.25, -0.2) is 0 Å². The van der Waals surface area contributed by atoms with E-state index in [9.17, 15) is 39.5 Å². The van der Waals surface area contributed by atoms with Gasteiger partial charge in [0.15, 0.2) is 0 Å². The molecule has 1 aliphatic rings. The maximum Gasteiger partial charge on any atom is 0.427 e. The van der Waals surface area contributed by atoms with Gasteiger partial charge < -0.3 is 4.74 Å². The summed E-state index contributed by atoms with van der Waals surface area (Å²) in [5.74, 6) is -3.61. The molecule has 0 aliphatic carbocycles. The lowest BCUT2D eigenvalue weighted by Crippen LogP contribution is -2.74. The summed E-state index contributed by atoms with van der Waals surface area (Å²) in [5, 5.41) is 0. The smallest absolute Gasteiger partial charge is 0.357 e. The SMILES string of the molecule is FC(F)(F)[C@H]1COC1(C(F)(F)F)C(F)(F)F. The van der Waals surface area contributed by atoms with E-state index >= 15 is 0 Å². The van der Waals surface area contributed by atoms with Crippen molar-refractivity contribution < 1.29 is 44.3 Å². The standard InChI is InChI=1S/C6H3F9O/c7-4(8,9)2-1-16-3(2,5(10,11)12)6(13,14)15/h2H,1H2/t2-/m0/s1. The van der Waals surface area contributed by atoms with Crippen LogP contribution in [0.5, 0.6) is 0 Å². The van der Waals surface area contributed by atoms with Gasteiger partial charge >= 0.3 is 18.5 Å². The van der Waals surface area contributed by atoms with Crippen molar-refractivity contribution in [1.29, 1.82) is 0 Å². The molecule has 1 fully saturated rings. The molecule has 1 saturated heterocycles. The monoisotopic (exact) mass is 262 g/mol. The van der Waals surface area contributed by atoms with Crippen molar-refractivity contribution in [3.05, 3.63) is 0 Å². The van der Waals surface area contributed by atoms with Crippen LogP contribution < -0.4 is 0 Å². The van der Waals surface area contributed by atoms with E-state index in [-0.39, 0.29) is 0 Å². The highest BCUT2D eigenvalue weighted by Crippen LogP contribution is 2.59. The van der Waals surface area contributed by atoms with Crippen LogP contribution in [0, 0.1) is 5.92 Å². The third-order valence-electron chi connectivity index (χ3n) is 2.21. The maximum absolute atomic E-state index is 12.1. The molecule has 0 amide bonds. The summed E-state index contributed by atoms with van der Waals surface area (Å²) in [5.41, 5.74) is -5.13. The van der Waals surface area contributed by atoms with Crippen LogP contribution >= 0.6 is 0 Å². The van der Waals surface area contributed by atoms with Crippen LogP contribution in [0.4, 0.5) is 39.5 Å². The minimum atomic E-state index is -6.16.